The number of aromatic nitrogens is 2. The quantitative estimate of drug-likeness (QED) is 0.923. The van der Waals surface area contributed by atoms with E-state index in [0.717, 1.165) is 0 Å². The van der Waals surface area contributed by atoms with E-state index in [0.29, 0.717) is 23.6 Å². The predicted octanol–water partition coefficient (Wildman–Crippen LogP) is 3.33. The molecular weight excluding hydrogens is 248 g/mol. The van der Waals surface area contributed by atoms with Crippen LogP contribution in [0.5, 0.6) is 0 Å². The summed E-state index contributed by atoms with van der Waals surface area (Å²) in [4.78, 5) is 8.41. The van der Waals surface area contributed by atoms with Gasteiger partial charge in [-0.3, -0.25) is 0 Å². The molecule has 1 aromatic carbocycles. The standard InChI is InChI=1S/C14H15F2N3/c1-4-11-18-10(7-12(17-3)19-11)13-9(15)6-5-8(2)14(13)16/h5-7H,4H2,1-3H3,(H,17,18,19). The van der Waals surface area contributed by atoms with Gasteiger partial charge in [0.05, 0.1) is 11.3 Å². The van der Waals surface area contributed by atoms with Gasteiger partial charge in [0.2, 0.25) is 0 Å². The fourth-order valence-corrected chi connectivity index (χ4v) is 1.80. The Bertz CT molecular complexity index is 590. The van der Waals surface area contributed by atoms with Crippen LogP contribution in [0.2, 0.25) is 0 Å². The number of anilines is 1. The van der Waals surface area contributed by atoms with E-state index in [1.807, 2.05) is 6.92 Å². The van der Waals surface area contributed by atoms with Crippen LogP contribution in [0, 0.1) is 18.6 Å². The summed E-state index contributed by atoms with van der Waals surface area (Å²) in [5.74, 6) is -0.113. The van der Waals surface area contributed by atoms with Crippen molar-refractivity contribution in [3.63, 3.8) is 0 Å². The first kappa shape index (κ1) is 13.4. The van der Waals surface area contributed by atoms with E-state index < -0.39 is 11.6 Å². The van der Waals surface area contributed by atoms with Crippen LogP contribution in [-0.4, -0.2) is 17.0 Å². The predicted molar refractivity (Wildman–Crippen MR) is 71.0 cm³/mol. The van der Waals surface area contributed by atoms with Gasteiger partial charge in [0.25, 0.3) is 0 Å². The number of rotatable bonds is 3. The Morgan fingerprint density at radius 3 is 2.58 bits per heavy atom. The molecule has 0 unspecified atom stereocenters. The molecule has 0 radical (unpaired) electrons. The van der Waals surface area contributed by atoms with Crippen molar-refractivity contribution in [3.8, 4) is 11.3 Å². The maximum absolute atomic E-state index is 14.1. The second-order valence-electron chi connectivity index (χ2n) is 4.21. The third-order valence-corrected chi connectivity index (χ3v) is 2.89. The van der Waals surface area contributed by atoms with Crippen LogP contribution in [0.1, 0.15) is 18.3 Å². The molecule has 1 heterocycles. The lowest BCUT2D eigenvalue weighted by molar-refractivity contribution is 0.582. The van der Waals surface area contributed by atoms with Crippen LogP contribution in [-0.2, 0) is 6.42 Å². The van der Waals surface area contributed by atoms with Crippen LogP contribution in [0.3, 0.4) is 0 Å². The molecule has 3 nitrogen and oxygen atoms in total. The molecule has 0 aliphatic carbocycles. The van der Waals surface area contributed by atoms with Crippen molar-refractivity contribution in [1.29, 1.82) is 0 Å². The number of nitrogens with zero attached hydrogens (tertiary/aromatic N) is 2. The zero-order chi connectivity index (χ0) is 14.0. The van der Waals surface area contributed by atoms with Gasteiger partial charge < -0.3 is 5.32 Å². The van der Waals surface area contributed by atoms with Gasteiger partial charge in [-0.15, -0.1) is 0 Å². The zero-order valence-electron chi connectivity index (χ0n) is 11.1. The maximum Gasteiger partial charge on any atom is 0.138 e. The molecule has 2 rings (SSSR count). The average Bonchev–Trinajstić information content (AvgIpc) is 2.43. The highest BCUT2D eigenvalue weighted by molar-refractivity contribution is 5.64. The lowest BCUT2D eigenvalue weighted by Crippen LogP contribution is -2.03. The van der Waals surface area contributed by atoms with Crippen LogP contribution >= 0.6 is 0 Å². The number of hydrogen-bond donors (Lipinski definition) is 1. The molecule has 0 saturated carbocycles. The fraction of sp³-hybridized carbons (Fsp3) is 0.286. The first-order valence-corrected chi connectivity index (χ1v) is 6.07. The van der Waals surface area contributed by atoms with E-state index in [-0.39, 0.29) is 11.3 Å². The van der Waals surface area contributed by atoms with Crippen molar-refractivity contribution in [2.75, 3.05) is 12.4 Å². The van der Waals surface area contributed by atoms with E-state index in [9.17, 15) is 8.78 Å². The molecule has 0 saturated heterocycles. The molecular formula is C14H15F2N3. The summed E-state index contributed by atoms with van der Waals surface area (Å²) in [6, 6.07) is 4.20. The van der Waals surface area contributed by atoms with Crippen molar-refractivity contribution in [2.45, 2.75) is 20.3 Å². The van der Waals surface area contributed by atoms with Gasteiger partial charge >= 0.3 is 0 Å². The van der Waals surface area contributed by atoms with Crippen molar-refractivity contribution in [3.05, 3.63) is 41.2 Å². The Hall–Kier alpha value is -2.04. The number of aryl methyl sites for hydroxylation is 2. The van der Waals surface area contributed by atoms with Gasteiger partial charge in [-0.1, -0.05) is 13.0 Å². The Kier molecular flexibility index (Phi) is 3.74. The minimum absolute atomic E-state index is 0.103. The highest BCUT2D eigenvalue weighted by atomic mass is 19.1. The van der Waals surface area contributed by atoms with E-state index >= 15 is 0 Å². The molecule has 0 aliphatic rings. The second-order valence-corrected chi connectivity index (χ2v) is 4.21. The van der Waals surface area contributed by atoms with E-state index in [1.165, 1.54) is 12.1 Å². The lowest BCUT2D eigenvalue weighted by Gasteiger charge is -2.10. The summed E-state index contributed by atoms with van der Waals surface area (Å²) >= 11 is 0. The van der Waals surface area contributed by atoms with Gasteiger partial charge in [-0.05, 0) is 18.6 Å². The third kappa shape index (κ3) is 2.54. The van der Waals surface area contributed by atoms with E-state index in [1.54, 1.807) is 20.0 Å². The summed E-state index contributed by atoms with van der Waals surface area (Å²) in [6.07, 6.45) is 0.595. The van der Waals surface area contributed by atoms with Gasteiger partial charge in [-0.2, -0.15) is 0 Å². The molecule has 5 heteroatoms. The third-order valence-electron chi connectivity index (χ3n) is 2.89. The van der Waals surface area contributed by atoms with Gasteiger partial charge in [0.1, 0.15) is 23.3 Å². The topological polar surface area (TPSA) is 37.8 Å². The van der Waals surface area contributed by atoms with E-state index in [4.69, 9.17) is 0 Å². The number of nitrogens with one attached hydrogen (secondary N) is 1. The highest BCUT2D eigenvalue weighted by Crippen LogP contribution is 2.27. The van der Waals surface area contributed by atoms with Crippen LogP contribution in [0.4, 0.5) is 14.6 Å². The normalized spacial score (nSPS) is 10.6. The summed E-state index contributed by atoms with van der Waals surface area (Å²) in [5, 5.41) is 2.87. The number of benzene rings is 1. The number of halogens is 2. The average molecular weight is 263 g/mol. The van der Waals surface area contributed by atoms with Crippen molar-refractivity contribution in [1.82, 2.24) is 9.97 Å². The van der Waals surface area contributed by atoms with Crippen molar-refractivity contribution in [2.24, 2.45) is 0 Å². The summed E-state index contributed by atoms with van der Waals surface area (Å²) in [7, 11) is 1.70. The largest absolute Gasteiger partial charge is 0.373 e. The fourth-order valence-electron chi connectivity index (χ4n) is 1.80. The molecule has 0 spiro atoms. The van der Waals surface area contributed by atoms with Gasteiger partial charge in [-0.25, -0.2) is 18.7 Å². The Morgan fingerprint density at radius 2 is 1.95 bits per heavy atom. The number of hydrogen-bond acceptors (Lipinski definition) is 3. The summed E-state index contributed by atoms with van der Waals surface area (Å²) < 4.78 is 28.0. The zero-order valence-corrected chi connectivity index (χ0v) is 11.1. The molecule has 19 heavy (non-hydrogen) atoms. The Balaban J connectivity index is 2.68. The minimum Gasteiger partial charge on any atom is -0.373 e. The molecule has 0 aliphatic heterocycles. The Morgan fingerprint density at radius 1 is 1.21 bits per heavy atom. The summed E-state index contributed by atoms with van der Waals surface area (Å²) in [6.45, 7) is 3.49. The van der Waals surface area contributed by atoms with Crippen LogP contribution in [0.15, 0.2) is 18.2 Å². The Labute approximate surface area is 110 Å². The van der Waals surface area contributed by atoms with Gasteiger partial charge in [0.15, 0.2) is 0 Å². The first-order chi connectivity index (χ1) is 9.06. The monoisotopic (exact) mass is 263 g/mol. The minimum atomic E-state index is -0.620. The van der Waals surface area contributed by atoms with Crippen LogP contribution < -0.4 is 5.32 Å². The first-order valence-electron chi connectivity index (χ1n) is 6.07. The highest BCUT2D eigenvalue weighted by Gasteiger charge is 2.16. The molecule has 0 bridgehead atoms. The second kappa shape index (κ2) is 5.30. The molecule has 1 aromatic heterocycles. The molecule has 0 atom stereocenters. The summed E-state index contributed by atoms with van der Waals surface area (Å²) in [5.41, 5.74) is 0.544. The molecule has 2 aromatic rings. The maximum atomic E-state index is 14.1. The van der Waals surface area contributed by atoms with E-state index in [2.05, 4.69) is 15.3 Å². The van der Waals surface area contributed by atoms with Crippen molar-refractivity contribution < 1.29 is 8.78 Å². The van der Waals surface area contributed by atoms with Crippen LogP contribution in [0.25, 0.3) is 11.3 Å². The molecule has 0 amide bonds. The van der Waals surface area contributed by atoms with Crippen molar-refractivity contribution >= 4 is 5.82 Å². The smallest absolute Gasteiger partial charge is 0.138 e. The molecule has 100 valence electrons. The SMILES string of the molecule is CCc1nc(NC)cc(-c2c(F)ccc(C)c2F)n1. The lowest BCUT2D eigenvalue weighted by atomic mass is 10.1. The van der Waals surface area contributed by atoms with Gasteiger partial charge in [0, 0.05) is 19.5 Å². The molecule has 0 fully saturated rings. The molecule has 1 N–H and O–H groups in total.